The second-order valence-corrected chi connectivity index (χ2v) is 5.58. The molecular formula is C15H13ClO2S. The van der Waals surface area contributed by atoms with Crippen LogP contribution in [0, 0.1) is 0 Å². The Morgan fingerprint density at radius 1 is 1.11 bits per heavy atom. The summed E-state index contributed by atoms with van der Waals surface area (Å²) in [6, 6.07) is 17.4. The van der Waals surface area contributed by atoms with Gasteiger partial charge in [-0.25, -0.2) is 0 Å². The molecule has 1 atom stereocenters. The lowest BCUT2D eigenvalue weighted by molar-refractivity contribution is -0.133. The number of benzene rings is 2. The first-order valence-electron chi connectivity index (χ1n) is 5.80. The Hall–Kier alpha value is -1.45. The Balaban J connectivity index is 2.31. The van der Waals surface area contributed by atoms with Gasteiger partial charge in [0.2, 0.25) is 0 Å². The van der Waals surface area contributed by atoms with Crippen LogP contribution in [0.4, 0.5) is 0 Å². The summed E-state index contributed by atoms with van der Waals surface area (Å²) < 4.78 is 0. The van der Waals surface area contributed by atoms with E-state index in [1.54, 1.807) is 0 Å². The highest BCUT2D eigenvalue weighted by Crippen LogP contribution is 2.36. The number of thioether (sulfide) groups is 1. The van der Waals surface area contributed by atoms with Crippen molar-refractivity contribution in [3.8, 4) is 0 Å². The first-order chi connectivity index (χ1) is 9.16. The summed E-state index contributed by atoms with van der Waals surface area (Å²) in [7, 11) is 0. The fourth-order valence-electron chi connectivity index (χ4n) is 1.84. The molecule has 2 rings (SSSR count). The maximum atomic E-state index is 10.8. The van der Waals surface area contributed by atoms with Crippen molar-refractivity contribution in [3.05, 3.63) is 70.7 Å². The molecule has 0 aliphatic carbocycles. The number of hydrogen-bond donors (Lipinski definition) is 1. The number of carbonyl (C=O) groups is 1. The third-order valence-electron chi connectivity index (χ3n) is 2.63. The van der Waals surface area contributed by atoms with Gasteiger partial charge in [-0.05, 0) is 23.3 Å². The molecule has 2 aromatic carbocycles. The number of carboxylic acids is 1. The standard InChI is InChI=1S/C15H13ClO2S/c16-13-8-4-7-12(9-13)15(19-10-14(17)18)11-5-2-1-3-6-11/h1-9,15H,10H2,(H,17,18). The van der Waals surface area contributed by atoms with Crippen LogP contribution >= 0.6 is 23.4 Å². The highest BCUT2D eigenvalue weighted by atomic mass is 35.5. The fraction of sp³-hybridized carbons (Fsp3) is 0.133. The molecule has 1 unspecified atom stereocenters. The average Bonchev–Trinajstić information content (AvgIpc) is 2.40. The van der Waals surface area contributed by atoms with Crippen molar-refractivity contribution >= 4 is 29.3 Å². The molecule has 4 heteroatoms. The van der Waals surface area contributed by atoms with E-state index in [-0.39, 0.29) is 11.0 Å². The van der Waals surface area contributed by atoms with Gasteiger partial charge in [0.1, 0.15) is 0 Å². The van der Waals surface area contributed by atoms with Crippen LogP contribution in [0.25, 0.3) is 0 Å². The summed E-state index contributed by atoms with van der Waals surface area (Å²) in [6.07, 6.45) is 0. The molecule has 0 aromatic heterocycles. The van der Waals surface area contributed by atoms with Gasteiger partial charge in [-0.2, -0.15) is 0 Å². The van der Waals surface area contributed by atoms with Crippen LogP contribution in [-0.4, -0.2) is 16.8 Å². The molecule has 0 radical (unpaired) electrons. The molecule has 0 saturated carbocycles. The molecule has 0 amide bonds. The van der Waals surface area contributed by atoms with Gasteiger partial charge in [-0.3, -0.25) is 4.79 Å². The predicted octanol–water partition coefficient (Wildman–Crippen LogP) is 4.25. The molecule has 0 fully saturated rings. The Bertz CT molecular complexity index is 557. The van der Waals surface area contributed by atoms with Crippen molar-refractivity contribution < 1.29 is 9.90 Å². The van der Waals surface area contributed by atoms with E-state index in [2.05, 4.69) is 0 Å². The van der Waals surface area contributed by atoms with E-state index in [4.69, 9.17) is 16.7 Å². The Kier molecular flexibility index (Phi) is 4.88. The number of carboxylic acid groups (broad SMARTS) is 1. The monoisotopic (exact) mass is 292 g/mol. The van der Waals surface area contributed by atoms with Crippen molar-refractivity contribution in [2.24, 2.45) is 0 Å². The lowest BCUT2D eigenvalue weighted by Gasteiger charge is -2.17. The van der Waals surface area contributed by atoms with E-state index in [0.29, 0.717) is 5.02 Å². The van der Waals surface area contributed by atoms with Crippen LogP contribution in [0.15, 0.2) is 54.6 Å². The Labute approximate surface area is 121 Å². The normalized spacial score (nSPS) is 12.1. The van der Waals surface area contributed by atoms with Crippen molar-refractivity contribution in [2.75, 3.05) is 5.75 Å². The smallest absolute Gasteiger partial charge is 0.313 e. The first-order valence-corrected chi connectivity index (χ1v) is 7.23. The minimum Gasteiger partial charge on any atom is -0.481 e. The second kappa shape index (κ2) is 6.64. The topological polar surface area (TPSA) is 37.3 Å². The maximum Gasteiger partial charge on any atom is 0.313 e. The van der Waals surface area contributed by atoms with Crippen LogP contribution < -0.4 is 0 Å². The van der Waals surface area contributed by atoms with E-state index < -0.39 is 5.97 Å². The van der Waals surface area contributed by atoms with Gasteiger partial charge in [0.15, 0.2) is 0 Å². The largest absolute Gasteiger partial charge is 0.481 e. The van der Waals surface area contributed by atoms with Crippen LogP contribution in [0.3, 0.4) is 0 Å². The number of halogens is 1. The zero-order valence-electron chi connectivity index (χ0n) is 10.1. The zero-order valence-corrected chi connectivity index (χ0v) is 11.7. The van der Waals surface area contributed by atoms with Gasteiger partial charge in [0.05, 0.1) is 11.0 Å². The molecule has 0 heterocycles. The Morgan fingerprint density at radius 3 is 2.42 bits per heavy atom. The number of rotatable bonds is 5. The average molecular weight is 293 g/mol. The highest BCUT2D eigenvalue weighted by Gasteiger charge is 2.16. The van der Waals surface area contributed by atoms with E-state index in [1.165, 1.54) is 11.8 Å². The van der Waals surface area contributed by atoms with Crippen LogP contribution in [0.5, 0.6) is 0 Å². The summed E-state index contributed by atoms with van der Waals surface area (Å²) in [5, 5.41) is 9.51. The summed E-state index contributed by atoms with van der Waals surface area (Å²) in [6.45, 7) is 0. The SMILES string of the molecule is O=C(O)CSC(c1ccccc1)c1cccc(Cl)c1. The molecule has 0 spiro atoms. The van der Waals surface area contributed by atoms with Crippen LogP contribution in [0.1, 0.15) is 16.4 Å². The van der Waals surface area contributed by atoms with Gasteiger partial charge in [-0.1, -0.05) is 54.1 Å². The van der Waals surface area contributed by atoms with E-state index >= 15 is 0 Å². The summed E-state index contributed by atoms with van der Waals surface area (Å²) in [4.78, 5) is 10.8. The van der Waals surface area contributed by atoms with Crippen LogP contribution in [0.2, 0.25) is 5.02 Å². The molecule has 2 aromatic rings. The quantitative estimate of drug-likeness (QED) is 0.895. The highest BCUT2D eigenvalue weighted by molar-refractivity contribution is 8.00. The van der Waals surface area contributed by atoms with Crippen molar-refractivity contribution in [3.63, 3.8) is 0 Å². The van der Waals surface area contributed by atoms with Crippen molar-refractivity contribution in [1.29, 1.82) is 0 Å². The lowest BCUT2D eigenvalue weighted by atomic mass is 10.0. The number of aliphatic carboxylic acids is 1. The van der Waals surface area contributed by atoms with Gasteiger partial charge in [-0.15, -0.1) is 11.8 Å². The molecule has 1 N–H and O–H groups in total. The third kappa shape index (κ3) is 4.01. The summed E-state index contributed by atoms with van der Waals surface area (Å²) in [5.74, 6) is -0.750. The molecular weight excluding hydrogens is 280 g/mol. The van der Waals surface area contributed by atoms with E-state index in [0.717, 1.165) is 11.1 Å². The van der Waals surface area contributed by atoms with Gasteiger partial charge in [0, 0.05) is 5.02 Å². The summed E-state index contributed by atoms with van der Waals surface area (Å²) in [5.41, 5.74) is 2.10. The predicted molar refractivity (Wildman–Crippen MR) is 79.8 cm³/mol. The van der Waals surface area contributed by atoms with Crippen molar-refractivity contribution in [2.45, 2.75) is 5.25 Å². The number of hydrogen-bond acceptors (Lipinski definition) is 2. The molecule has 2 nitrogen and oxygen atoms in total. The maximum absolute atomic E-state index is 10.8. The molecule has 0 aliphatic rings. The molecule has 0 bridgehead atoms. The minimum atomic E-state index is -0.812. The summed E-state index contributed by atoms with van der Waals surface area (Å²) >= 11 is 7.40. The lowest BCUT2D eigenvalue weighted by Crippen LogP contribution is -2.04. The van der Waals surface area contributed by atoms with E-state index in [1.807, 2.05) is 54.6 Å². The zero-order chi connectivity index (χ0) is 13.7. The molecule has 98 valence electrons. The van der Waals surface area contributed by atoms with Gasteiger partial charge < -0.3 is 5.11 Å². The van der Waals surface area contributed by atoms with Crippen LogP contribution in [-0.2, 0) is 4.79 Å². The van der Waals surface area contributed by atoms with Gasteiger partial charge >= 0.3 is 5.97 Å². The first kappa shape index (κ1) is 14.0. The van der Waals surface area contributed by atoms with Gasteiger partial charge in [0.25, 0.3) is 0 Å². The molecule has 0 aliphatic heterocycles. The minimum absolute atomic E-state index is 0.0176. The van der Waals surface area contributed by atoms with Crippen molar-refractivity contribution in [1.82, 2.24) is 0 Å². The second-order valence-electron chi connectivity index (χ2n) is 4.05. The molecule has 19 heavy (non-hydrogen) atoms. The third-order valence-corrected chi connectivity index (χ3v) is 4.15. The van der Waals surface area contributed by atoms with E-state index in [9.17, 15) is 4.79 Å². The fourth-order valence-corrected chi connectivity index (χ4v) is 3.03. The molecule has 0 saturated heterocycles. The Morgan fingerprint density at radius 2 is 1.79 bits per heavy atom.